The number of aryl methyl sites for hydroxylation is 1. The van der Waals surface area contributed by atoms with E-state index < -0.39 is 5.97 Å². The average Bonchev–Trinajstić information content (AvgIpc) is 3.47. The number of unbranched alkanes of at least 4 members (excludes halogenated alkanes) is 3. The molecule has 32 heavy (non-hydrogen) atoms. The summed E-state index contributed by atoms with van der Waals surface area (Å²) in [6, 6.07) is 2.21. The molecule has 2 aromatic heterocycles. The molecule has 0 spiro atoms. The third-order valence-electron chi connectivity index (χ3n) is 5.79. The van der Waals surface area contributed by atoms with Gasteiger partial charge < -0.3 is 19.9 Å². The number of nitrogens with zero attached hydrogens (tertiary/aromatic N) is 3. The first-order valence-electron chi connectivity index (χ1n) is 11.6. The number of nitrogens with one attached hydrogen (secondary N) is 2. The van der Waals surface area contributed by atoms with Gasteiger partial charge in [-0.3, -0.25) is 4.79 Å². The van der Waals surface area contributed by atoms with Crippen LogP contribution in [0.1, 0.15) is 79.8 Å². The summed E-state index contributed by atoms with van der Waals surface area (Å²) in [4.78, 5) is 39.9. The van der Waals surface area contributed by atoms with Gasteiger partial charge in [-0.15, -0.1) is 0 Å². The molecule has 8 nitrogen and oxygen atoms in total. The average molecular weight is 438 g/mol. The third-order valence-corrected chi connectivity index (χ3v) is 5.79. The Kier molecular flexibility index (Phi) is 6.58. The first kappa shape index (κ1) is 22.0. The van der Waals surface area contributed by atoms with Crippen molar-refractivity contribution < 1.29 is 14.3 Å². The molecular weight excluding hydrogens is 406 g/mol. The van der Waals surface area contributed by atoms with Crippen molar-refractivity contribution in [1.29, 1.82) is 0 Å². The van der Waals surface area contributed by atoms with Gasteiger partial charge in [-0.05, 0) is 45.3 Å². The second kappa shape index (κ2) is 9.54. The molecule has 2 aromatic rings. The molecule has 2 aliphatic rings. The highest BCUT2D eigenvalue weighted by Crippen LogP contribution is 2.35. The number of esters is 1. The van der Waals surface area contributed by atoms with Crippen LogP contribution >= 0.6 is 0 Å². The fourth-order valence-electron chi connectivity index (χ4n) is 4.03. The van der Waals surface area contributed by atoms with Crippen molar-refractivity contribution in [1.82, 2.24) is 15.0 Å². The zero-order chi connectivity index (χ0) is 22.7. The van der Waals surface area contributed by atoms with E-state index in [-0.39, 0.29) is 12.5 Å². The van der Waals surface area contributed by atoms with Gasteiger partial charge in [0.1, 0.15) is 5.69 Å². The first-order chi connectivity index (χ1) is 15.5. The number of rotatable bonds is 10. The number of anilines is 2. The van der Waals surface area contributed by atoms with Crippen molar-refractivity contribution in [3.63, 3.8) is 0 Å². The van der Waals surface area contributed by atoms with Crippen molar-refractivity contribution in [3.05, 3.63) is 34.9 Å². The molecule has 1 aliphatic carbocycles. The maximum absolute atomic E-state index is 12.7. The minimum absolute atomic E-state index is 0.255. The van der Waals surface area contributed by atoms with Crippen molar-refractivity contribution >= 4 is 35.2 Å². The van der Waals surface area contributed by atoms with Crippen LogP contribution in [0, 0.1) is 6.92 Å². The van der Waals surface area contributed by atoms with E-state index in [4.69, 9.17) is 9.72 Å². The highest BCUT2D eigenvalue weighted by Gasteiger charge is 2.33. The summed E-state index contributed by atoms with van der Waals surface area (Å²) >= 11 is 0. The van der Waals surface area contributed by atoms with Crippen molar-refractivity contribution in [2.24, 2.45) is 0 Å². The van der Waals surface area contributed by atoms with Gasteiger partial charge in [0, 0.05) is 18.3 Å². The van der Waals surface area contributed by atoms with Crippen molar-refractivity contribution in [2.45, 2.75) is 65.3 Å². The topological polar surface area (TPSA) is 100 Å². The molecule has 0 unspecified atom stereocenters. The van der Waals surface area contributed by atoms with Crippen LogP contribution in [-0.2, 0) is 9.53 Å². The van der Waals surface area contributed by atoms with E-state index in [2.05, 4.69) is 27.1 Å². The molecule has 0 saturated heterocycles. The van der Waals surface area contributed by atoms with Crippen LogP contribution in [0.15, 0.2) is 12.3 Å². The first-order valence-corrected chi connectivity index (χ1v) is 11.6. The predicted molar refractivity (Wildman–Crippen MR) is 125 cm³/mol. The standard InChI is InChI=1S/C24H31N5O3/c1-4-6-7-8-11-29(16-9-10-16)24-25-14-20-21(28-24)18(22(30)27-20)13-19-17(12-15(3)26-19)23(31)32-5-2/h12-14,16,26H,4-11H2,1-3H3,(H,27,30)/b18-13-. The van der Waals surface area contributed by atoms with Crippen LogP contribution in [0.25, 0.3) is 11.6 Å². The number of amides is 1. The molecule has 8 heteroatoms. The van der Waals surface area contributed by atoms with E-state index in [1.54, 1.807) is 25.3 Å². The second-order valence-electron chi connectivity index (χ2n) is 8.43. The summed E-state index contributed by atoms with van der Waals surface area (Å²) in [7, 11) is 0. The predicted octanol–water partition coefficient (Wildman–Crippen LogP) is 4.33. The Morgan fingerprint density at radius 3 is 2.81 bits per heavy atom. The normalized spacial score (nSPS) is 16.2. The Bertz CT molecular complexity index is 1040. The molecule has 1 fully saturated rings. The summed E-state index contributed by atoms with van der Waals surface area (Å²) in [5.74, 6) is -0.00875. The Balaban J connectivity index is 1.64. The van der Waals surface area contributed by atoms with Gasteiger partial charge in [0.25, 0.3) is 5.91 Å². The SMILES string of the molecule is CCCCCCN(c1ncc2c(n1)/C(=C/c1[nH]c(C)cc1C(=O)OCC)C(=O)N2)C1CC1. The quantitative estimate of drug-likeness (QED) is 0.326. The number of fused-ring (bicyclic) bond motifs is 1. The number of aromatic nitrogens is 3. The zero-order valence-electron chi connectivity index (χ0n) is 19.0. The van der Waals surface area contributed by atoms with Crippen LogP contribution in [0.5, 0.6) is 0 Å². The highest BCUT2D eigenvalue weighted by molar-refractivity contribution is 6.34. The largest absolute Gasteiger partial charge is 0.462 e. The summed E-state index contributed by atoms with van der Waals surface area (Å²) in [5.41, 5.74) is 3.33. The van der Waals surface area contributed by atoms with E-state index in [9.17, 15) is 9.59 Å². The lowest BCUT2D eigenvalue weighted by molar-refractivity contribution is -0.110. The van der Waals surface area contributed by atoms with Gasteiger partial charge >= 0.3 is 5.97 Å². The maximum atomic E-state index is 12.7. The fourth-order valence-corrected chi connectivity index (χ4v) is 4.03. The molecule has 1 aliphatic heterocycles. The third kappa shape index (κ3) is 4.69. The second-order valence-corrected chi connectivity index (χ2v) is 8.43. The Labute approximate surface area is 188 Å². The van der Waals surface area contributed by atoms with Gasteiger partial charge in [-0.1, -0.05) is 26.2 Å². The molecule has 170 valence electrons. The lowest BCUT2D eigenvalue weighted by Crippen LogP contribution is -2.29. The van der Waals surface area contributed by atoms with Crippen LogP contribution < -0.4 is 10.2 Å². The number of carbonyl (C=O) groups is 2. The van der Waals surface area contributed by atoms with E-state index in [1.165, 1.54) is 19.3 Å². The summed E-state index contributed by atoms with van der Waals surface area (Å²) < 4.78 is 5.16. The van der Waals surface area contributed by atoms with E-state index in [1.807, 2.05) is 6.92 Å². The van der Waals surface area contributed by atoms with Crippen LogP contribution in [0.3, 0.4) is 0 Å². The number of hydrogen-bond acceptors (Lipinski definition) is 6. The Morgan fingerprint density at radius 2 is 2.09 bits per heavy atom. The zero-order valence-corrected chi connectivity index (χ0v) is 19.0. The monoisotopic (exact) mass is 437 g/mol. The molecule has 1 amide bonds. The van der Waals surface area contributed by atoms with E-state index >= 15 is 0 Å². The molecule has 0 radical (unpaired) electrons. The lowest BCUT2D eigenvalue weighted by Gasteiger charge is -2.22. The van der Waals surface area contributed by atoms with Gasteiger partial charge in [0.2, 0.25) is 5.95 Å². The summed E-state index contributed by atoms with van der Waals surface area (Å²) in [6.07, 6.45) is 10.4. The molecule has 3 heterocycles. The Hall–Kier alpha value is -3.16. The minimum Gasteiger partial charge on any atom is -0.462 e. The van der Waals surface area contributed by atoms with Gasteiger partial charge in [0.15, 0.2) is 0 Å². The molecule has 2 N–H and O–H groups in total. The number of aromatic amines is 1. The molecule has 1 saturated carbocycles. The number of hydrogen-bond donors (Lipinski definition) is 2. The minimum atomic E-state index is -0.419. The van der Waals surface area contributed by atoms with E-state index in [0.29, 0.717) is 40.2 Å². The number of H-pyrrole nitrogens is 1. The van der Waals surface area contributed by atoms with Crippen LogP contribution in [-0.4, -0.2) is 46.0 Å². The van der Waals surface area contributed by atoms with Crippen LogP contribution in [0.2, 0.25) is 0 Å². The fraction of sp³-hybridized carbons (Fsp3) is 0.500. The van der Waals surface area contributed by atoms with Crippen LogP contribution in [0.4, 0.5) is 11.6 Å². The molecule has 0 atom stereocenters. The van der Waals surface area contributed by atoms with Gasteiger partial charge in [-0.25, -0.2) is 14.8 Å². The van der Waals surface area contributed by atoms with Crippen molar-refractivity contribution in [3.8, 4) is 0 Å². The molecule has 4 rings (SSSR count). The lowest BCUT2D eigenvalue weighted by atomic mass is 10.1. The van der Waals surface area contributed by atoms with Crippen molar-refractivity contribution in [2.75, 3.05) is 23.4 Å². The Morgan fingerprint density at radius 1 is 1.28 bits per heavy atom. The maximum Gasteiger partial charge on any atom is 0.340 e. The van der Waals surface area contributed by atoms with E-state index in [0.717, 1.165) is 31.5 Å². The molecule has 0 bridgehead atoms. The smallest absolute Gasteiger partial charge is 0.340 e. The van der Waals surface area contributed by atoms with Gasteiger partial charge in [-0.2, -0.15) is 0 Å². The molecular formula is C24H31N5O3. The van der Waals surface area contributed by atoms with Gasteiger partial charge in [0.05, 0.1) is 35.3 Å². The highest BCUT2D eigenvalue weighted by atomic mass is 16.5. The summed E-state index contributed by atoms with van der Waals surface area (Å²) in [5, 5.41) is 2.84. The number of carbonyl (C=O) groups excluding carboxylic acids is 2. The number of ether oxygens (including phenoxy) is 1. The molecule has 0 aromatic carbocycles. The summed E-state index contributed by atoms with van der Waals surface area (Å²) in [6.45, 7) is 7.04.